The van der Waals surface area contributed by atoms with Crippen molar-refractivity contribution >= 4 is 23.1 Å². The number of hydrogen-bond donors (Lipinski definition) is 1. The summed E-state index contributed by atoms with van der Waals surface area (Å²) in [5.74, 6) is -0.0900. The molecule has 1 amide bonds. The minimum Gasteiger partial charge on any atom is -0.507 e. The van der Waals surface area contributed by atoms with E-state index in [4.69, 9.17) is 18.6 Å². The van der Waals surface area contributed by atoms with Crippen molar-refractivity contribution in [2.75, 3.05) is 24.7 Å². The molecule has 8 nitrogen and oxygen atoms in total. The topological polar surface area (TPSA) is 98.4 Å². The van der Waals surface area contributed by atoms with Gasteiger partial charge in [-0.25, -0.2) is 0 Å². The predicted molar refractivity (Wildman–Crippen MR) is 130 cm³/mol. The summed E-state index contributed by atoms with van der Waals surface area (Å²) >= 11 is 0. The molecule has 182 valence electrons. The average Bonchev–Trinajstić information content (AvgIpc) is 3.47. The second-order valence-corrected chi connectivity index (χ2v) is 7.64. The Morgan fingerprint density at radius 2 is 1.57 bits per heavy atom. The lowest BCUT2D eigenvalue weighted by Crippen LogP contribution is -2.29. The Morgan fingerprint density at radius 3 is 2.20 bits per heavy atom. The maximum Gasteiger partial charge on any atom is 0.300 e. The lowest BCUT2D eigenvalue weighted by Gasteiger charge is -2.23. The van der Waals surface area contributed by atoms with Gasteiger partial charge in [0.25, 0.3) is 11.7 Å². The Labute approximate surface area is 203 Å². The Hall–Kier alpha value is -4.20. The molecule has 1 atom stereocenters. The molecule has 0 saturated carbocycles. The van der Waals surface area contributed by atoms with Crippen molar-refractivity contribution < 1.29 is 33.3 Å². The van der Waals surface area contributed by atoms with E-state index in [1.165, 1.54) is 11.2 Å². The van der Waals surface area contributed by atoms with Gasteiger partial charge in [0, 0.05) is 11.8 Å². The smallest absolute Gasteiger partial charge is 0.300 e. The lowest BCUT2D eigenvalue weighted by molar-refractivity contribution is -0.132. The monoisotopic (exact) mass is 477 g/mol. The predicted octanol–water partition coefficient (Wildman–Crippen LogP) is 5.10. The molecule has 2 aromatic carbocycles. The van der Waals surface area contributed by atoms with Crippen LogP contribution in [0.25, 0.3) is 5.76 Å². The molecule has 1 fully saturated rings. The molecule has 8 heteroatoms. The van der Waals surface area contributed by atoms with E-state index in [0.29, 0.717) is 48.5 Å². The van der Waals surface area contributed by atoms with Crippen LogP contribution in [-0.2, 0) is 9.59 Å². The quantitative estimate of drug-likeness (QED) is 0.260. The number of ketones is 1. The molecular formula is C27H27NO7. The van der Waals surface area contributed by atoms with E-state index in [1.54, 1.807) is 54.6 Å². The van der Waals surface area contributed by atoms with Gasteiger partial charge in [-0.1, -0.05) is 0 Å². The number of carbonyl (C=O) groups excluding carboxylic acids is 2. The number of rotatable bonds is 9. The van der Waals surface area contributed by atoms with E-state index >= 15 is 0 Å². The SMILES string of the molecule is CCOc1ccc(N2C(=O)C(=O)/C(=C(\O)c3ccc(OCC)cc3OCC)C2c2ccco2)cc1. The van der Waals surface area contributed by atoms with Crippen LogP contribution in [0.1, 0.15) is 38.1 Å². The molecule has 0 spiro atoms. The molecule has 0 radical (unpaired) electrons. The van der Waals surface area contributed by atoms with Gasteiger partial charge in [-0.05, 0) is 69.3 Å². The summed E-state index contributed by atoms with van der Waals surface area (Å²) in [7, 11) is 0. The minimum atomic E-state index is -0.969. The zero-order valence-electron chi connectivity index (χ0n) is 19.8. The largest absolute Gasteiger partial charge is 0.507 e. The fourth-order valence-corrected chi connectivity index (χ4v) is 4.06. The normalized spacial score (nSPS) is 17.0. The highest BCUT2D eigenvalue weighted by atomic mass is 16.5. The van der Waals surface area contributed by atoms with E-state index in [9.17, 15) is 14.7 Å². The third-order valence-corrected chi connectivity index (χ3v) is 5.50. The van der Waals surface area contributed by atoms with Gasteiger partial charge in [0.2, 0.25) is 0 Å². The van der Waals surface area contributed by atoms with Crippen molar-refractivity contribution in [1.29, 1.82) is 0 Å². The molecule has 0 aliphatic carbocycles. The Kier molecular flexibility index (Phi) is 7.10. The van der Waals surface area contributed by atoms with Gasteiger partial charge in [-0.2, -0.15) is 0 Å². The van der Waals surface area contributed by atoms with Crippen LogP contribution in [0, 0.1) is 0 Å². The van der Waals surface area contributed by atoms with Crippen LogP contribution < -0.4 is 19.1 Å². The van der Waals surface area contributed by atoms with Crippen molar-refractivity contribution in [3.8, 4) is 17.2 Å². The summed E-state index contributed by atoms with van der Waals surface area (Å²) in [5.41, 5.74) is 0.647. The summed E-state index contributed by atoms with van der Waals surface area (Å²) in [6.45, 7) is 6.84. The van der Waals surface area contributed by atoms with Crippen molar-refractivity contribution in [3.63, 3.8) is 0 Å². The number of Topliss-reactive ketones (excluding diaryl/α,β-unsaturated/α-hetero) is 1. The van der Waals surface area contributed by atoms with Crippen LogP contribution >= 0.6 is 0 Å². The minimum absolute atomic E-state index is 0.0936. The fourth-order valence-electron chi connectivity index (χ4n) is 4.06. The second kappa shape index (κ2) is 10.4. The van der Waals surface area contributed by atoms with E-state index in [0.717, 1.165) is 0 Å². The first kappa shape index (κ1) is 23.9. The van der Waals surface area contributed by atoms with E-state index in [1.807, 2.05) is 20.8 Å². The Bertz CT molecular complexity index is 1230. The van der Waals surface area contributed by atoms with Gasteiger partial charge in [0.1, 0.15) is 34.8 Å². The van der Waals surface area contributed by atoms with Crippen LogP contribution in [0.5, 0.6) is 17.2 Å². The summed E-state index contributed by atoms with van der Waals surface area (Å²) in [5, 5.41) is 11.4. The molecule has 0 bridgehead atoms. The van der Waals surface area contributed by atoms with Gasteiger partial charge in [-0.15, -0.1) is 0 Å². The van der Waals surface area contributed by atoms with Gasteiger partial charge < -0.3 is 23.7 Å². The van der Waals surface area contributed by atoms with Crippen LogP contribution in [0.4, 0.5) is 5.69 Å². The van der Waals surface area contributed by atoms with Gasteiger partial charge in [0.05, 0.1) is 37.2 Å². The second-order valence-electron chi connectivity index (χ2n) is 7.64. The summed E-state index contributed by atoms with van der Waals surface area (Å²) in [4.78, 5) is 27.8. The third kappa shape index (κ3) is 4.59. The maximum absolute atomic E-state index is 13.3. The maximum atomic E-state index is 13.3. The number of aliphatic hydroxyl groups is 1. The molecule has 2 heterocycles. The van der Waals surface area contributed by atoms with E-state index in [2.05, 4.69) is 0 Å². The number of aliphatic hydroxyl groups excluding tert-OH is 1. The standard InChI is InChI=1S/C27H27NO7/c1-4-32-18-11-9-17(10-12-18)28-24(21-8-7-15-35-21)23(26(30)27(28)31)25(29)20-14-13-19(33-5-2)16-22(20)34-6-3/h7-16,24,29H,4-6H2,1-3H3/b25-23-. The molecule has 1 aliphatic heterocycles. The van der Waals surface area contributed by atoms with Crippen molar-refractivity contribution in [1.82, 2.24) is 0 Å². The van der Waals surface area contributed by atoms with Gasteiger partial charge in [-0.3, -0.25) is 14.5 Å². The average molecular weight is 478 g/mol. The fraction of sp³-hybridized carbons (Fsp3) is 0.259. The third-order valence-electron chi connectivity index (χ3n) is 5.50. The number of anilines is 1. The van der Waals surface area contributed by atoms with E-state index in [-0.39, 0.29) is 16.9 Å². The molecule has 3 aromatic rings. The first-order chi connectivity index (χ1) is 17.0. The van der Waals surface area contributed by atoms with Gasteiger partial charge >= 0.3 is 0 Å². The Morgan fingerprint density at radius 1 is 0.914 bits per heavy atom. The molecule has 1 aliphatic rings. The lowest BCUT2D eigenvalue weighted by atomic mass is 9.98. The summed E-state index contributed by atoms with van der Waals surface area (Å²) < 4.78 is 22.4. The zero-order chi connectivity index (χ0) is 24.9. The molecule has 1 aromatic heterocycles. The molecule has 4 rings (SSSR count). The van der Waals surface area contributed by atoms with Crippen LogP contribution in [0.3, 0.4) is 0 Å². The molecule has 35 heavy (non-hydrogen) atoms. The van der Waals surface area contributed by atoms with Crippen molar-refractivity contribution in [2.24, 2.45) is 0 Å². The number of benzene rings is 2. The number of carbonyl (C=O) groups is 2. The highest BCUT2D eigenvalue weighted by Gasteiger charge is 2.48. The van der Waals surface area contributed by atoms with Crippen molar-refractivity contribution in [2.45, 2.75) is 26.8 Å². The summed E-state index contributed by atoms with van der Waals surface area (Å²) in [6.07, 6.45) is 1.45. The molecule has 1 unspecified atom stereocenters. The number of ether oxygens (including phenoxy) is 3. The molecular weight excluding hydrogens is 450 g/mol. The van der Waals surface area contributed by atoms with Crippen molar-refractivity contribution in [3.05, 3.63) is 77.8 Å². The van der Waals surface area contributed by atoms with Crippen LogP contribution in [0.2, 0.25) is 0 Å². The highest BCUT2D eigenvalue weighted by molar-refractivity contribution is 6.51. The number of hydrogen-bond acceptors (Lipinski definition) is 7. The van der Waals surface area contributed by atoms with Crippen LogP contribution in [0.15, 0.2) is 70.9 Å². The van der Waals surface area contributed by atoms with Crippen LogP contribution in [-0.4, -0.2) is 36.6 Å². The highest BCUT2D eigenvalue weighted by Crippen LogP contribution is 2.44. The van der Waals surface area contributed by atoms with Gasteiger partial charge in [0.15, 0.2) is 0 Å². The summed E-state index contributed by atoms with van der Waals surface area (Å²) in [6, 6.07) is 14.1. The first-order valence-corrected chi connectivity index (χ1v) is 11.5. The number of amides is 1. The molecule has 1 N–H and O–H groups in total. The Balaban J connectivity index is 1.86. The zero-order valence-corrected chi connectivity index (χ0v) is 19.8. The molecule has 1 saturated heterocycles. The number of nitrogens with zero attached hydrogens (tertiary/aromatic N) is 1. The first-order valence-electron chi connectivity index (χ1n) is 11.5. The number of furan rings is 1. The van der Waals surface area contributed by atoms with E-state index < -0.39 is 17.7 Å².